The normalized spacial score (nSPS) is 21.2. The van der Waals surface area contributed by atoms with Crippen LogP contribution in [0.1, 0.15) is 31.2 Å². The number of halogens is 2. The zero-order valence-electron chi connectivity index (χ0n) is 20.5. The molecule has 2 unspecified atom stereocenters. The second-order valence-corrected chi connectivity index (χ2v) is 9.30. The lowest BCUT2D eigenvalue weighted by molar-refractivity contribution is -0.121. The van der Waals surface area contributed by atoms with Gasteiger partial charge in [-0.2, -0.15) is 0 Å². The number of nitrogens with zero attached hydrogens (tertiary/aromatic N) is 1. The average molecular weight is 525 g/mol. The number of methoxy groups -OCH3 is 1. The van der Waals surface area contributed by atoms with E-state index in [-0.39, 0.29) is 30.7 Å². The Bertz CT molecular complexity index is 887. The summed E-state index contributed by atoms with van der Waals surface area (Å²) in [7, 11) is 1.62. The molecule has 3 atom stereocenters. The van der Waals surface area contributed by atoms with Crippen LogP contribution in [0.4, 0.5) is 0 Å². The molecule has 2 N–H and O–H groups in total. The van der Waals surface area contributed by atoms with Crippen molar-refractivity contribution < 1.29 is 14.3 Å². The number of fused-ring (bicyclic) bond motifs is 2. The Kier molecular flexibility index (Phi) is 12.7. The highest BCUT2D eigenvalue weighted by molar-refractivity contribution is 5.85. The van der Waals surface area contributed by atoms with Crippen LogP contribution >= 0.6 is 24.8 Å². The van der Waals surface area contributed by atoms with Crippen molar-refractivity contribution in [2.24, 2.45) is 11.8 Å². The van der Waals surface area contributed by atoms with Gasteiger partial charge in [-0.3, -0.25) is 9.69 Å². The van der Waals surface area contributed by atoms with Crippen molar-refractivity contribution in [3.05, 3.63) is 60.2 Å². The molecule has 8 heteroatoms. The first-order valence-electron chi connectivity index (χ1n) is 12.2. The Morgan fingerprint density at radius 2 is 1.80 bits per heavy atom. The van der Waals surface area contributed by atoms with Crippen molar-refractivity contribution in [3.8, 4) is 11.5 Å². The summed E-state index contributed by atoms with van der Waals surface area (Å²) in [6.45, 7) is 5.40. The van der Waals surface area contributed by atoms with Crippen molar-refractivity contribution in [1.29, 1.82) is 0 Å². The lowest BCUT2D eigenvalue weighted by atomic mass is 9.79. The summed E-state index contributed by atoms with van der Waals surface area (Å²) in [4.78, 5) is 14.9. The van der Waals surface area contributed by atoms with Gasteiger partial charge < -0.3 is 20.1 Å². The molecule has 2 heterocycles. The summed E-state index contributed by atoms with van der Waals surface area (Å²) < 4.78 is 11.0. The van der Waals surface area contributed by atoms with Gasteiger partial charge in [0, 0.05) is 32.1 Å². The van der Waals surface area contributed by atoms with Gasteiger partial charge in [0.1, 0.15) is 6.61 Å². The van der Waals surface area contributed by atoms with Crippen LogP contribution in [0.5, 0.6) is 11.5 Å². The van der Waals surface area contributed by atoms with Gasteiger partial charge in [0.05, 0.1) is 13.7 Å². The number of nitrogens with one attached hydrogen (secondary N) is 2. The van der Waals surface area contributed by atoms with Gasteiger partial charge in [-0.1, -0.05) is 42.5 Å². The number of hydrogen-bond acceptors (Lipinski definition) is 5. The number of carbonyl (C=O) groups excluding carboxylic acids is 1. The number of likely N-dealkylation sites (tertiary alicyclic amines) is 1. The van der Waals surface area contributed by atoms with E-state index in [9.17, 15) is 4.79 Å². The Morgan fingerprint density at radius 3 is 2.57 bits per heavy atom. The van der Waals surface area contributed by atoms with Crippen LogP contribution in [0.2, 0.25) is 0 Å². The number of carbonyl (C=O) groups is 1. The fourth-order valence-electron chi connectivity index (χ4n) is 5.24. The summed E-state index contributed by atoms with van der Waals surface area (Å²) in [5, 5.41) is 6.74. The Balaban J connectivity index is 0.00000216. The number of para-hydroxylation sites is 2. The van der Waals surface area contributed by atoms with E-state index >= 15 is 0 Å². The fourth-order valence-corrected chi connectivity index (χ4v) is 5.24. The van der Waals surface area contributed by atoms with E-state index in [2.05, 4.69) is 45.9 Å². The molecule has 0 spiro atoms. The van der Waals surface area contributed by atoms with Crippen LogP contribution in [0, 0.1) is 11.8 Å². The third kappa shape index (κ3) is 8.87. The van der Waals surface area contributed by atoms with Gasteiger partial charge in [0.15, 0.2) is 11.5 Å². The zero-order valence-corrected chi connectivity index (χ0v) is 22.1. The third-order valence-electron chi connectivity index (χ3n) is 6.80. The first kappa shape index (κ1) is 29.2. The molecular formula is C27H39Cl2N3O3. The van der Waals surface area contributed by atoms with E-state index in [0.29, 0.717) is 43.0 Å². The molecule has 2 saturated heterocycles. The van der Waals surface area contributed by atoms with Crippen molar-refractivity contribution >= 4 is 30.7 Å². The van der Waals surface area contributed by atoms with Crippen molar-refractivity contribution in [2.75, 3.05) is 39.9 Å². The Labute approximate surface area is 222 Å². The molecule has 6 nitrogen and oxygen atoms in total. The van der Waals surface area contributed by atoms with Crippen LogP contribution in [0.3, 0.4) is 0 Å². The number of ether oxygens (including phenoxy) is 2. The molecule has 2 aromatic rings. The summed E-state index contributed by atoms with van der Waals surface area (Å²) in [5.41, 5.74) is 1.40. The predicted octanol–water partition coefficient (Wildman–Crippen LogP) is 4.31. The molecule has 1 amide bonds. The van der Waals surface area contributed by atoms with Crippen LogP contribution in [0.25, 0.3) is 0 Å². The Hall–Kier alpha value is -1.99. The van der Waals surface area contributed by atoms with E-state index in [1.165, 1.54) is 18.5 Å². The highest BCUT2D eigenvalue weighted by Gasteiger charge is 2.36. The maximum absolute atomic E-state index is 12.3. The molecule has 194 valence electrons. The molecule has 0 radical (unpaired) electrons. The number of hydrogen-bond donors (Lipinski definition) is 2. The fraction of sp³-hybridized carbons (Fsp3) is 0.519. The average Bonchev–Trinajstić information content (AvgIpc) is 2.84. The van der Waals surface area contributed by atoms with Crippen LogP contribution in [0.15, 0.2) is 54.6 Å². The molecular weight excluding hydrogens is 485 g/mol. The minimum absolute atomic E-state index is 0. The van der Waals surface area contributed by atoms with Gasteiger partial charge in [0.2, 0.25) is 5.91 Å². The molecule has 2 aromatic carbocycles. The first-order chi connectivity index (χ1) is 16.2. The third-order valence-corrected chi connectivity index (χ3v) is 6.80. The quantitative estimate of drug-likeness (QED) is 0.429. The molecule has 2 fully saturated rings. The molecule has 2 aliphatic heterocycles. The highest BCUT2D eigenvalue weighted by atomic mass is 35.5. The van der Waals surface area contributed by atoms with Gasteiger partial charge >= 0.3 is 0 Å². The summed E-state index contributed by atoms with van der Waals surface area (Å²) in [6.07, 6.45) is 3.85. The number of piperidine rings is 2. The second kappa shape index (κ2) is 15.2. The molecule has 0 aliphatic carbocycles. The summed E-state index contributed by atoms with van der Waals surface area (Å²) in [5.74, 6) is 2.93. The predicted molar refractivity (Wildman–Crippen MR) is 145 cm³/mol. The lowest BCUT2D eigenvalue weighted by Gasteiger charge is -2.46. The molecule has 2 aliphatic rings. The maximum Gasteiger partial charge on any atom is 0.220 e. The zero-order chi connectivity index (χ0) is 22.9. The van der Waals surface area contributed by atoms with Crippen molar-refractivity contribution in [2.45, 2.75) is 38.3 Å². The van der Waals surface area contributed by atoms with Crippen LogP contribution < -0.4 is 20.1 Å². The second-order valence-electron chi connectivity index (χ2n) is 9.30. The standard InChI is InChI=1S/C27H37N3O3.2ClH/c1-32-25-11-5-6-12-26(25)33-15-14-28-27(31)13-7-10-24-23-16-22(17-29-24)19-30(20-23)18-21-8-3-2-4-9-21;;/h2-6,8-9,11-12,22-24,29H,7,10,13-20H2,1H3,(H,28,31);2*1H/t22?,23?,24-;;/m1../s1. The van der Waals surface area contributed by atoms with Gasteiger partial charge in [-0.05, 0) is 55.3 Å². The molecule has 2 bridgehead atoms. The van der Waals surface area contributed by atoms with Crippen molar-refractivity contribution in [3.63, 3.8) is 0 Å². The summed E-state index contributed by atoms with van der Waals surface area (Å²) >= 11 is 0. The SMILES string of the molecule is COc1ccccc1OCCNC(=O)CCC[C@H]1NCC2CC1CN(Cc1ccccc1)C2.Cl.Cl. The van der Waals surface area contributed by atoms with Crippen LogP contribution in [-0.4, -0.2) is 56.7 Å². The number of benzene rings is 2. The molecule has 0 aromatic heterocycles. The molecule has 35 heavy (non-hydrogen) atoms. The largest absolute Gasteiger partial charge is 0.493 e. The monoisotopic (exact) mass is 523 g/mol. The van der Waals surface area contributed by atoms with Crippen LogP contribution in [-0.2, 0) is 11.3 Å². The highest BCUT2D eigenvalue weighted by Crippen LogP contribution is 2.31. The van der Waals surface area contributed by atoms with E-state index in [1.807, 2.05) is 24.3 Å². The minimum atomic E-state index is 0. The first-order valence-corrected chi connectivity index (χ1v) is 12.2. The smallest absolute Gasteiger partial charge is 0.220 e. The van der Waals surface area contributed by atoms with Gasteiger partial charge in [0.25, 0.3) is 0 Å². The Morgan fingerprint density at radius 1 is 1.06 bits per heavy atom. The maximum atomic E-state index is 12.3. The van der Waals surface area contributed by atoms with E-state index in [4.69, 9.17) is 9.47 Å². The van der Waals surface area contributed by atoms with E-state index < -0.39 is 0 Å². The van der Waals surface area contributed by atoms with Crippen molar-refractivity contribution in [1.82, 2.24) is 15.5 Å². The summed E-state index contributed by atoms with van der Waals surface area (Å²) in [6, 6.07) is 18.8. The van der Waals surface area contributed by atoms with E-state index in [0.717, 1.165) is 38.4 Å². The molecule has 4 rings (SSSR count). The number of rotatable bonds is 11. The lowest BCUT2D eigenvalue weighted by Crippen LogP contribution is -2.55. The van der Waals surface area contributed by atoms with Gasteiger partial charge in [-0.15, -0.1) is 24.8 Å². The molecule has 0 saturated carbocycles. The number of amides is 1. The topological polar surface area (TPSA) is 62.8 Å². The minimum Gasteiger partial charge on any atom is -0.493 e. The van der Waals surface area contributed by atoms with Gasteiger partial charge in [-0.25, -0.2) is 0 Å². The van der Waals surface area contributed by atoms with E-state index in [1.54, 1.807) is 7.11 Å².